The van der Waals surface area contributed by atoms with Crippen molar-refractivity contribution in [2.24, 2.45) is 11.8 Å². The summed E-state index contributed by atoms with van der Waals surface area (Å²) in [5.41, 5.74) is 2.72. The number of allylic oxidation sites excluding steroid dienone is 2. The molecule has 2 rings (SSSR count). The molecular formula is C24H46. The van der Waals surface area contributed by atoms with Gasteiger partial charge in [-0.05, 0) is 50.9 Å². The van der Waals surface area contributed by atoms with E-state index < -0.39 is 0 Å². The van der Waals surface area contributed by atoms with Crippen molar-refractivity contribution in [1.82, 2.24) is 0 Å². The normalized spacial score (nSPS) is 22.2. The maximum absolute atomic E-state index is 4.04. The summed E-state index contributed by atoms with van der Waals surface area (Å²) >= 11 is 0. The van der Waals surface area contributed by atoms with Crippen LogP contribution in [0.15, 0.2) is 24.3 Å². The summed E-state index contributed by atoms with van der Waals surface area (Å²) in [5, 5.41) is 0. The summed E-state index contributed by atoms with van der Waals surface area (Å²) in [6, 6.07) is 0. The first-order valence-electron chi connectivity index (χ1n) is 10.9. The summed E-state index contributed by atoms with van der Waals surface area (Å²) in [6.07, 6.45) is 19.7. The molecule has 0 nitrogen and oxygen atoms in total. The van der Waals surface area contributed by atoms with Crippen molar-refractivity contribution in [3.8, 4) is 0 Å². The van der Waals surface area contributed by atoms with Gasteiger partial charge in [-0.15, -0.1) is 6.58 Å². The minimum absolute atomic E-state index is 1.16. The second-order valence-corrected chi connectivity index (χ2v) is 7.75. The molecule has 0 atom stereocenters. The van der Waals surface area contributed by atoms with E-state index in [0.29, 0.717) is 0 Å². The van der Waals surface area contributed by atoms with Gasteiger partial charge in [0.15, 0.2) is 0 Å². The smallest absolute Gasteiger partial charge is 0.0323 e. The van der Waals surface area contributed by atoms with Gasteiger partial charge in [0.1, 0.15) is 0 Å². The molecule has 2 aliphatic rings. The first-order valence-corrected chi connectivity index (χ1v) is 10.9. The molecule has 142 valence electrons. The van der Waals surface area contributed by atoms with Gasteiger partial charge in [0.25, 0.3) is 0 Å². The maximum atomic E-state index is 4.04. The largest absolute Gasteiger partial charge is 0.100 e. The third-order valence-corrected chi connectivity index (χ3v) is 5.45. The van der Waals surface area contributed by atoms with Crippen LogP contribution in [0.4, 0.5) is 0 Å². The maximum Gasteiger partial charge on any atom is -0.0323 e. The third-order valence-electron chi connectivity index (χ3n) is 5.45. The number of fused-ring (bicyclic) bond motifs is 1. The molecule has 0 saturated heterocycles. The van der Waals surface area contributed by atoms with Gasteiger partial charge in [0.2, 0.25) is 0 Å². The molecule has 0 radical (unpaired) electrons. The zero-order valence-corrected chi connectivity index (χ0v) is 17.5. The number of rotatable bonds is 7. The summed E-state index contributed by atoms with van der Waals surface area (Å²) in [5.74, 6) is 2.31. The molecule has 0 spiro atoms. The van der Waals surface area contributed by atoms with E-state index in [2.05, 4.69) is 27.0 Å². The average Bonchev–Trinajstić information content (AvgIpc) is 2.61. The molecule has 0 aliphatic heterocycles. The lowest BCUT2D eigenvalue weighted by Gasteiger charge is -2.35. The van der Waals surface area contributed by atoms with E-state index in [-0.39, 0.29) is 0 Å². The minimum Gasteiger partial charge on any atom is -0.100 e. The van der Waals surface area contributed by atoms with E-state index in [0.717, 1.165) is 11.8 Å². The van der Waals surface area contributed by atoms with Crippen molar-refractivity contribution in [2.45, 2.75) is 118 Å². The molecule has 2 saturated carbocycles. The Kier molecular flexibility index (Phi) is 15.6. The lowest BCUT2D eigenvalue weighted by molar-refractivity contribution is 0.171. The fourth-order valence-corrected chi connectivity index (χ4v) is 4.14. The Morgan fingerprint density at radius 1 is 0.750 bits per heavy atom. The molecular weight excluding hydrogens is 288 g/mol. The SMILES string of the molecule is C1CCC2CCCCC2C1.C=C(C)CCCCC(=C)CCC.CC. The number of unbranched alkanes of at least 4 members (excludes halogenated alkanes) is 1. The fraction of sp³-hybridized carbons (Fsp3) is 0.833. The van der Waals surface area contributed by atoms with Gasteiger partial charge >= 0.3 is 0 Å². The van der Waals surface area contributed by atoms with E-state index in [1.165, 1.54) is 75.4 Å². The van der Waals surface area contributed by atoms with Crippen molar-refractivity contribution in [3.05, 3.63) is 24.3 Å². The van der Waals surface area contributed by atoms with E-state index in [4.69, 9.17) is 0 Å². The Morgan fingerprint density at radius 2 is 1.17 bits per heavy atom. The Bertz CT molecular complexity index is 286. The van der Waals surface area contributed by atoms with Gasteiger partial charge in [0, 0.05) is 0 Å². The predicted molar refractivity (Wildman–Crippen MR) is 113 cm³/mol. The predicted octanol–water partition coefficient (Wildman–Crippen LogP) is 8.87. The second kappa shape index (κ2) is 16.0. The highest BCUT2D eigenvalue weighted by atomic mass is 14.3. The van der Waals surface area contributed by atoms with Crippen molar-refractivity contribution < 1.29 is 0 Å². The van der Waals surface area contributed by atoms with Gasteiger partial charge < -0.3 is 0 Å². The highest BCUT2D eigenvalue weighted by molar-refractivity contribution is 4.94. The van der Waals surface area contributed by atoms with E-state index in [1.807, 2.05) is 13.8 Å². The zero-order chi connectivity index (χ0) is 18.2. The molecule has 0 aromatic heterocycles. The number of hydrogen-bond acceptors (Lipinski definition) is 0. The molecule has 0 unspecified atom stereocenters. The molecule has 0 aromatic carbocycles. The van der Waals surface area contributed by atoms with Crippen LogP contribution >= 0.6 is 0 Å². The lowest BCUT2D eigenvalue weighted by atomic mass is 9.71. The highest BCUT2D eigenvalue weighted by Crippen LogP contribution is 2.39. The molecule has 0 N–H and O–H groups in total. The quantitative estimate of drug-likeness (QED) is 0.322. The Morgan fingerprint density at radius 3 is 1.54 bits per heavy atom. The monoisotopic (exact) mass is 334 g/mol. The van der Waals surface area contributed by atoms with Gasteiger partial charge in [0.05, 0.1) is 0 Å². The first-order chi connectivity index (χ1) is 11.6. The Hall–Kier alpha value is -0.520. The lowest BCUT2D eigenvalue weighted by Crippen LogP contribution is -2.22. The molecule has 0 amide bonds. The van der Waals surface area contributed by atoms with E-state index in [1.54, 1.807) is 25.7 Å². The van der Waals surface area contributed by atoms with Gasteiger partial charge in [-0.25, -0.2) is 0 Å². The van der Waals surface area contributed by atoms with Crippen LogP contribution in [0.5, 0.6) is 0 Å². The molecule has 0 heterocycles. The molecule has 0 heteroatoms. The zero-order valence-electron chi connectivity index (χ0n) is 17.5. The van der Waals surface area contributed by atoms with Crippen LogP contribution in [0.25, 0.3) is 0 Å². The van der Waals surface area contributed by atoms with E-state index >= 15 is 0 Å². The average molecular weight is 335 g/mol. The molecule has 24 heavy (non-hydrogen) atoms. The van der Waals surface area contributed by atoms with Crippen LogP contribution in [-0.2, 0) is 0 Å². The summed E-state index contributed by atoms with van der Waals surface area (Å²) in [4.78, 5) is 0. The molecule has 2 aliphatic carbocycles. The van der Waals surface area contributed by atoms with Gasteiger partial charge in [-0.1, -0.05) is 96.3 Å². The molecule has 0 aromatic rings. The van der Waals surface area contributed by atoms with Crippen LogP contribution in [0.3, 0.4) is 0 Å². The van der Waals surface area contributed by atoms with Gasteiger partial charge in [-0.2, -0.15) is 0 Å². The standard InChI is InChI=1S/C12H22.C10H18.C2H6/c1-5-8-12(4)10-7-6-9-11(2)3;1-2-6-10-8-4-3-7-9(10)5-1;1-2/h2,4-10H2,1,3H3;9-10H,1-8H2;1-2H3. The summed E-state index contributed by atoms with van der Waals surface area (Å²) < 4.78 is 0. The topological polar surface area (TPSA) is 0 Å². The van der Waals surface area contributed by atoms with Crippen molar-refractivity contribution in [3.63, 3.8) is 0 Å². The fourth-order valence-electron chi connectivity index (χ4n) is 4.14. The first kappa shape index (κ1) is 23.5. The minimum atomic E-state index is 1.16. The van der Waals surface area contributed by atoms with Crippen LogP contribution in [0.2, 0.25) is 0 Å². The Labute approximate surface area is 154 Å². The summed E-state index contributed by atoms with van der Waals surface area (Å²) in [6.45, 7) is 16.2. The summed E-state index contributed by atoms with van der Waals surface area (Å²) in [7, 11) is 0. The van der Waals surface area contributed by atoms with Gasteiger partial charge in [-0.3, -0.25) is 0 Å². The van der Waals surface area contributed by atoms with Crippen molar-refractivity contribution in [2.75, 3.05) is 0 Å². The highest BCUT2D eigenvalue weighted by Gasteiger charge is 2.26. The van der Waals surface area contributed by atoms with Crippen molar-refractivity contribution in [1.29, 1.82) is 0 Å². The van der Waals surface area contributed by atoms with Crippen LogP contribution in [0, 0.1) is 11.8 Å². The number of hydrogen-bond donors (Lipinski definition) is 0. The Balaban J connectivity index is 0.000000402. The van der Waals surface area contributed by atoms with Crippen molar-refractivity contribution >= 4 is 0 Å². The van der Waals surface area contributed by atoms with Crippen LogP contribution in [0.1, 0.15) is 118 Å². The van der Waals surface area contributed by atoms with Crippen LogP contribution in [-0.4, -0.2) is 0 Å². The second-order valence-electron chi connectivity index (χ2n) is 7.75. The third kappa shape index (κ3) is 11.9. The molecule has 0 bridgehead atoms. The van der Waals surface area contributed by atoms with Crippen LogP contribution < -0.4 is 0 Å². The molecule has 2 fully saturated rings. The van der Waals surface area contributed by atoms with E-state index in [9.17, 15) is 0 Å².